The fraction of sp³-hybridized carbons (Fsp3) is 0.286. The van der Waals surface area contributed by atoms with Crippen molar-refractivity contribution in [3.8, 4) is 5.75 Å². The van der Waals surface area contributed by atoms with E-state index in [1.54, 1.807) is 18.2 Å². The topological polar surface area (TPSA) is 140 Å². The smallest absolute Gasteiger partial charge is 0.328 e. The molecule has 0 bridgehead atoms. The van der Waals surface area contributed by atoms with Crippen LogP contribution in [0.1, 0.15) is 5.56 Å². The molecule has 0 amide bonds. The van der Waals surface area contributed by atoms with Crippen LogP contribution in [0.25, 0.3) is 6.08 Å². The van der Waals surface area contributed by atoms with Crippen molar-refractivity contribution in [2.45, 2.75) is 0 Å². The molecule has 4 N–H and O–H groups in total. The van der Waals surface area contributed by atoms with E-state index in [0.29, 0.717) is 49.1 Å². The quantitative estimate of drug-likeness (QED) is 0.241. The van der Waals surface area contributed by atoms with Gasteiger partial charge >= 0.3 is 11.9 Å². The van der Waals surface area contributed by atoms with Gasteiger partial charge in [0, 0.05) is 64.0 Å². The first kappa shape index (κ1) is 29.8. The molecular weight excluding hydrogens is 519 g/mol. The molecule has 1 aromatic heterocycles. The number of piperazine rings is 1. The molecule has 3 heterocycles. The summed E-state index contributed by atoms with van der Waals surface area (Å²) in [5.74, 6) is 0.0727. The van der Waals surface area contributed by atoms with Crippen LogP contribution < -0.4 is 20.3 Å². The van der Waals surface area contributed by atoms with Crippen molar-refractivity contribution in [2.75, 3.05) is 68.0 Å². The highest BCUT2D eigenvalue weighted by atomic mass is 19.1. The molecule has 2 aromatic rings. The molecule has 0 atom stereocenters. The number of carboxylic acid groups (broad SMARTS) is 2. The zero-order valence-corrected chi connectivity index (χ0v) is 22.1. The number of carbonyl (C=O) groups is 2. The van der Waals surface area contributed by atoms with Gasteiger partial charge in [-0.2, -0.15) is 9.97 Å². The number of aromatic nitrogens is 2. The van der Waals surface area contributed by atoms with Crippen LogP contribution in [0, 0.1) is 5.82 Å². The Bertz CT molecular complexity index is 1230. The number of aliphatic carboxylic acids is 2. The lowest BCUT2D eigenvalue weighted by Crippen LogP contribution is -2.47. The number of hydrogen-bond donors (Lipinski definition) is 4. The van der Waals surface area contributed by atoms with Crippen molar-refractivity contribution >= 4 is 35.6 Å². The summed E-state index contributed by atoms with van der Waals surface area (Å²) in [5, 5.41) is 22.0. The van der Waals surface area contributed by atoms with Gasteiger partial charge in [-0.05, 0) is 23.8 Å². The molecule has 2 aliphatic heterocycles. The Balaban J connectivity index is 0.000000482. The number of ether oxygens (including phenoxy) is 1. The number of carboxylic acids is 2. The summed E-state index contributed by atoms with van der Waals surface area (Å²) in [6.45, 7) is 13.4. The Hall–Kier alpha value is -4.71. The van der Waals surface area contributed by atoms with Crippen molar-refractivity contribution in [1.29, 1.82) is 0 Å². The minimum atomic E-state index is -1.26. The van der Waals surface area contributed by atoms with Gasteiger partial charge in [-0.1, -0.05) is 18.2 Å². The van der Waals surface area contributed by atoms with Gasteiger partial charge in [0.25, 0.3) is 0 Å². The summed E-state index contributed by atoms with van der Waals surface area (Å²) in [5.41, 5.74) is 1.64. The van der Waals surface area contributed by atoms with Crippen molar-refractivity contribution in [3.05, 3.63) is 78.7 Å². The number of nitrogens with one attached hydrogen (secondary N) is 2. The van der Waals surface area contributed by atoms with E-state index in [1.165, 1.54) is 6.07 Å². The van der Waals surface area contributed by atoms with Crippen LogP contribution in [0.15, 0.2) is 67.3 Å². The highest BCUT2D eigenvalue weighted by Gasteiger charge is 2.22. The number of nitrogens with zero attached hydrogens (tertiary/aromatic N) is 4. The number of benzene rings is 1. The number of hydrogen-bond acceptors (Lipinski definition) is 9. The van der Waals surface area contributed by atoms with E-state index in [-0.39, 0.29) is 5.82 Å². The fourth-order valence-corrected chi connectivity index (χ4v) is 3.96. The summed E-state index contributed by atoms with van der Waals surface area (Å²) in [4.78, 5) is 32.9. The first-order valence-electron chi connectivity index (χ1n) is 12.6. The number of rotatable bonds is 11. The maximum absolute atomic E-state index is 14.1. The fourth-order valence-electron chi connectivity index (χ4n) is 3.96. The average molecular weight is 553 g/mol. The Morgan fingerprint density at radius 3 is 2.35 bits per heavy atom. The number of anilines is 3. The predicted molar refractivity (Wildman–Crippen MR) is 152 cm³/mol. The van der Waals surface area contributed by atoms with Crippen LogP contribution in [0.3, 0.4) is 0 Å². The number of fused-ring (bicyclic) bond motifs is 1. The molecule has 1 saturated heterocycles. The minimum absolute atomic E-state index is 0.241. The van der Waals surface area contributed by atoms with Gasteiger partial charge in [0.05, 0.1) is 5.56 Å². The molecule has 0 aliphatic carbocycles. The van der Waals surface area contributed by atoms with E-state index < -0.39 is 11.9 Å². The van der Waals surface area contributed by atoms with Gasteiger partial charge < -0.3 is 30.5 Å². The van der Waals surface area contributed by atoms with Gasteiger partial charge in [0.1, 0.15) is 29.8 Å². The van der Waals surface area contributed by atoms with Gasteiger partial charge in [0.15, 0.2) is 0 Å². The van der Waals surface area contributed by atoms with Crippen molar-refractivity contribution in [3.63, 3.8) is 0 Å². The standard InChI is InChI=1S/C24H29FN6O.C4H4O4/c1-3-8-26-22-15-23(29-24(28-22)27-9-4-2)31-12-10-30(11-13-31)16-18-14-19-20(25)6-5-7-21(19)32-17-18;5-3(6)1-2-4(7)8/h3-7,14-15H,1-2,8-13,16-17H2,(H2,26,27,28,29);1-2H,(H,5,6)(H,7,8)/b;2-1+. The van der Waals surface area contributed by atoms with Gasteiger partial charge in [-0.25, -0.2) is 14.0 Å². The molecule has 11 nitrogen and oxygen atoms in total. The monoisotopic (exact) mass is 552 g/mol. The lowest BCUT2D eigenvalue weighted by molar-refractivity contribution is -0.134. The van der Waals surface area contributed by atoms with E-state index in [1.807, 2.05) is 18.2 Å². The maximum atomic E-state index is 14.1. The molecule has 0 spiro atoms. The summed E-state index contributed by atoms with van der Waals surface area (Å²) in [6.07, 6.45) is 6.62. The molecular formula is C28H33FN6O5. The van der Waals surface area contributed by atoms with Gasteiger partial charge in [0.2, 0.25) is 5.95 Å². The molecule has 212 valence electrons. The summed E-state index contributed by atoms with van der Waals surface area (Å²) in [6, 6.07) is 6.92. The van der Waals surface area contributed by atoms with Crippen molar-refractivity contribution in [1.82, 2.24) is 14.9 Å². The van der Waals surface area contributed by atoms with Crippen LogP contribution >= 0.6 is 0 Å². The molecule has 1 fully saturated rings. The zero-order valence-electron chi connectivity index (χ0n) is 22.1. The van der Waals surface area contributed by atoms with E-state index in [0.717, 1.165) is 49.9 Å². The normalized spacial score (nSPS) is 14.6. The van der Waals surface area contributed by atoms with Crippen molar-refractivity contribution in [2.24, 2.45) is 0 Å². The molecule has 1 aromatic carbocycles. The van der Waals surface area contributed by atoms with Crippen LogP contribution in [0.2, 0.25) is 0 Å². The second kappa shape index (κ2) is 15.0. The van der Waals surface area contributed by atoms with Crippen LogP contribution in [-0.4, -0.2) is 89.4 Å². The second-order valence-electron chi connectivity index (χ2n) is 8.79. The first-order chi connectivity index (χ1) is 19.3. The minimum Gasteiger partial charge on any atom is -0.488 e. The third-order valence-electron chi connectivity index (χ3n) is 5.81. The largest absolute Gasteiger partial charge is 0.488 e. The Morgan fingerprint density at radius 2 is 1.70 bits per heavy atom. The first-order valence-corrected chi connectivity index (χ1v) is 12.6. The van der Waals surface area contributed by atoms with Crippen LogP contribution in [0.5, 0.6) is 5.75 Å². The molecule has 0 radical (unpaired) electrons. The second-order valence-corrected chi connectivity index (χ2v) is 8.79. The highest BCUT2D eigenvalue weighted by molar-refractivity contribution is 5.89. The van der Waals surface area contributed by atoms with E-state index in [4.69, 9.17) is 14.9 Å². The maximum Gasteiger partial charge on any atom is 0.328 e. The molecule has 40 heavy (non-hydrogen) atoms. The Kier molecular flexibility index (Phi) is 11.2. The average Bonchev–Trinajstić information content (AvgIpc) is 2.95. The molecule has 12 heteroatoms. The number of halogens is 1. The van der Waals surface area contributed by atoms with E-state index in [2.05, 4.69) is 43.6 Å². The SMILES string of the molecule is C=CCNc1cc(N2CCN(CC3=Cc4c(F)cccc4OC3)CC2)nc(NCC=C)n1.O=C(O)/C=C/C(=O)O. The summed E-state index contributed by atoms with van der Waals surface area (Å²) in [7, 11) is 0. The Morgan fingerprint density at radius 1 is 1.02 bits per heavy atom. The third kappa shape index (κ3) is 9.24. The molecule has 2 aliphatic rings. The van der Waals surface area contributed by atoms with Gasteiger partial charge in [-0.3, -0.25) is 4.90 Å². The molecule has 0 unspecified atom stereocenters. The van der Waals surface area contributed by atoms with Crippen LogP contribution in [0.4, 0.5) is 22.0 Å². The summed E-state index contributed by atoms with van der Waals surface area (Å²) >= 11 is 0. The zero-order chi connectivity index (χ0) is 28.9. The predicted octanol–water partition coefficient (Wildman–Crippen LogP) is 3.12. The Labute approximate surface area is 232 Å². The van der Waals surface area contributed by atoms with Crippen LogP contribution in [-0.2, 0) is 9.59 Å². The summed E-state index contributed by atoms with van der Waals surface area (Å²) < 4.78 is 19.9. The van der Waals surface area contributed by atoms with E-state index in [9.17, 15) is 14.0 Å². The van der Waals surface area contributed by atoms with Gasteiger partial charge in [-0.15, -0.1) is 13.2 Å². The van der Waals surface area contributed by atoms with E-state index >= 15 is 0 Å². The molecule has 0 saturated carbocycles. The third-order valence-corrected chi connectivity index (χ3v) is 5.81. The molecule has 4 rings (SSSR count). The highest BCUT2D eigenvalue weighted by Crippen LogP contribution is 2.29. The lowest BCUT2D eigenvalue weighted by Gasteiger charge is -2.36. The lowest BCUT2D eigenvalue weighted by atomic mass is 10.1. The van der Waals surface area contributed by atoms with Crippen molar-refractivity contribution < 1.29 is 28.9 Å².